The van der Waals surface area contributed by atoms with Crippen molar-refractivity contribution in [1.82, 2.24) is 5.43 Å². The molecule has 1 fully saturated rings. The summed E-state index contributed by atoms with van der Waals surface area (Å²) in [5.41, 5.74) is 4.44. The molecule has 3 nitrogen and oxygen atoms in total. The monoisotopic (exact) mass is 304 g/mol. The van der Waals surface area contributed by atoms with Crippen LogP contribution in [0.15, 0.2) is 29.4 Å². The summed E-state index contributed by atoms with van der Waals surface area (Å²) in [5.74, 6) is 0.0903. The Morgan fingerprint density at radius 2 is 1.86 bits per heavy atom. The van der Waals surface area contributed by atoms with Gasteiger partial charge >= 0.3 is 0 Å². The van der Waals surface area contributed by atoms with Gasteiger partial charge < -0.3 is 0 Å². The maximum absolute atomic E-state index is 12.8. The first-order valence-corrected chi connectivity index (χ1v) is 8.03. The lowest BCUT2D eigenvalue weighted by Crippen LogP contribution is -2.29. The van der Waals surface area contributed by atoms with Gasteiger partial charge in [0.1, 0.15) is 5.82 Å². The van der Waals surface area contributed by atoms with Crippen molar-refractivity contribution in [1.29, 1.82) is 0 Å². The van der Waals surface area contributed by atoms with E-state index in [1.165, 1.54) is 30.7 Å². The Morgan fingerprint density at radius 3 is 2.41 bits per heavy atom. The van der Waals surface area contributed by atoms with Crippen molar-refractivity contribution in [3.8, 4) is 0 Å². The molecule has 1 aromatic carbocycles. The van der Waals surface area contributed by atoms with Crippen molar-refractivity contribution in [3.63, 3.8) is 0 Å². The molecule has 0 aliphatic heterocycles. The smallest absolute Gasteiger partial charge is 0.267 e. The van der Waals surface area contributed by atoms with Crippen LogP contribution in [0.25, 0.3) is 0 Å². The van der Waals surface area contributed by atoms with Crippen LogP contribution in [-0.4, -0.2) is 11.6 Å². The van der Waals surface area contributed by atoms with Crippen molar-refractivity contribution < 1.29 is 9.18 Å². The number of hydrazone groups is 1. The Kier molecular flexibility index (Phi) is 5.33. The molecule has 1 aliphatic carbocycles. The van der Waals surface area contributed by atoms with Crippen LogP contribution in [0.5, 0.6) is 0 Å². The first kappa shape index (κ1) is 16.7. The third-order valence-electron chi connectivity index (χ3n) is 5.00. The Bertz CT molecular complexity index is 539. The number of carbonyl (C=O) groups is 1. The van der Waals surface area contributed by atoms with Gasteiger partial charge in [-0.05, 0) is 61.3 Å². The molecule has 22 heavy (non-hydrogen) atoms. The number of amides is 1. The van der Waals surface area contributed by atoms with E-state index in [-0.39, 0.29) is 11.7 Å². The van der Waals surface area contributed by atoms with Gasteiger partial charge in [-0.25, -0.2) is 9.82 Å². The number of nitrogens with zero attached hydrogens (tertiary/aromatic N) is 1. The molecule has 0 bridgehead atoms. The quantitative estimate of drug-likeness (QED) is 0.815. The minimum absolute atomic E-state index is 0.288. The second-order valence-electron chi connectivity index (χ2n) is 6.74. The molecule has 0 heterocycles. The fraction of sp³-hybridized carbons (Fsp3) is 0.556. The van der Waals surface area contributed by atoms with Crippen LogP contribution in [-0.2, 0) is 0 Å². The third-order valence-corrected chi connectivity index (χ3v) is 5.00. The van der Waals surface area contributed by atoms with E-state index in [1.54, 1.807) is 0 Å². The maximum atomic E-state index is 12.8. The van der Waals surface area contributed by atoms with E-state index in [0.29, 0.717) is 11.0 Å². The normalized spacial score (nSPS) is 18.9. The fourth-order valence-electron chi connectivity index (χ4n) is 2.93. The highest BCUT2D eigenvalue weighted by atomic mass is 19.1. The highest BCUT2D eigenvalue weighted by molar-refractivity contribution is 5.95. The minimum atomic E-state index is -0.347. The van der Waals surface area contributed by atoms with Crippen LogP contribution < -0.4 is 5.43 Å². The van der Waals surface area contributed by atoms with Gasteiger partial charge in [0.2, 0.25) is 0 Å². The van der Waals surface area contributed by atoms with E-state index in [1.807, 2.05) is 0 Å². The SMILES string of the molecule is CCC(C)(C)C1CCC(=NNC(=O)c2ccc(F)cc2)CC1. The number of hydrogen-bond acceptors (Lipinski definition) is 2. The molecule has 0 saturated heterocycles. The number of rotatable bonds is 4. The molecule has 2 rings (SSSR count). The zero-order valence-corrected chi connectivity index (χ0v) is 13.7. The van der Waals surface area contributed by atoms with E-state index in [4.69, 9.17) is 0 Å². The van der Waals surface area contributed by atoms with E-state index < -0.39 is 0 Å². The molecule has 0 radical (unpaired) electrons. The van der Waals surface area contributed by atoms with Gasteiger partial charge in [0, 0.05) is 11.3 Å². The predicted octanol–water partition coefficient (Wildman–Crippen LogP) is 4.54. The number of benzene rings is 1. The highest BCUT2D eigenvalue weighted by Crippen LogP contribution is 2.39. The average Bonchev–Trinajstić information content (AvgIpc) is 2.53. The summed E-state index contributed by atoms with van der Waals surface area (Å²) >= 11 is 0. The third kappa shape index (κ3) is 4.15. The second kappa shape index (κ2) is 7.03. The lowest BCUT2D eigenvalue weighted by atomic mass is 9.69. The van der Waals surface area contributed by atoms with Crippen molar-refractivity contribution in [2.24, 2.45) is 16.4 Å². The lowest BCUT2D eigenvalue weighted by Gasteiger charge is -2.36. The standard InChI is InChI=1S/C18H25FN2O/c1-4-18(2,3)14-7-11-16(12-8-14)20-21-17(22)13-5-9-15(19)10-6-13/h5-6,9-10,14H,4,7-8,11-12H2,1-3H3,(H,21,22). The summed E-state index contributed by atoms with van der Waals surface area (Å²) < 4.78 is 12.8. The molecular formula is C18H25FN2O. The summed E-state index contributed by atoms with van der Waals surface area (Å²) in [6, 6.07) is 5.48. The van der Waals surface area contributed by atoms with Crippen LogP contribution in [0.4, 0.5) is 4.39 Å². The Balaban J connectivity index is 1.88. The van der Waals surface area contributed by atoms with Crippen molar-refractivity contribution in [3.05, 3.63) is 35.6 Å². The van der Waals surface area contributed by atoms with Crippen molar-refractivity contribution >= 4 is 11.6 Å². The molecular weight excluding hydrogens is 279 g/mol. The average molecular weight is 304 g/mol. The first-order valence-electron chi connectivity index (χ1n) is 8.03. The van der Waals surface area contributed by atoms with Crippen LogP contribution in [0.3, 0.4) is 0 Å². The summed E-state index contributed by atoms with van der Waals surface area (Å²) in [6.07, 6.45) is 5.33. The van der Waals surface area contributed by atoms with Crippen LogP contribution >= 0.6 is 0 Å². The largest absolute Gasteiger partial charge is 0.271 e. The molecule has 1 saturated carbocycles. The van der Waals surface area contributed by atoms with Gasteiger partial charge in [-0.15, -0.1) is 0 Å². The van der Waals surface area contributed by atoms with E-state index in [2.05, 4.69) is 31.3 Å². The topological polar surface area (TPSA) is 41.5 Å². The van der Waals surface area contributed by atoms with E-state index in [0.717, 1.165) is 37.3 Å². The summed E-state index contributed by atoms with van der Waals surface area (Å²) in [6.45, 7) is 6.90. The number of nitrogens with one attached hydrogen (secondary N) is 1. The Morgan fingerprint density at radius 1 is 1.27 bits per heavy atom. The van der Waals surface area contributed by atoms with Crippen molar-refractivity contribution in [2.75, 3.05) is 0 Å². The first-order chi connectivity index (χ1) is 10.4. The Hall–Kier alpha value is -1.71. The second-order valence-corrected chi connectivity index (χ2v) is 6.74. The van der Waals surface area contributed by atoms with Gasteiger partial charge in [0.05, 0.1) is 0 Å². The summed E-state index contributed by atoms with van der Waals surface area (Å²) in [5, 5.41) is 4.25. The van der Waals surface area contributed by atoms with E-state index >= 15 is 0 Å². The van der Waals surface area contributed by atoms with Gasteiger partial charge in [-0.2, -0.15) is 5.10 Å². The molecule has 1 amide bonds. The molecule has 4 heteroatoms. The lowest BCUT2D eigenvalue weighted by molar-refractivity contribution is 0.0954. The molecule has 0 aromatic heterocycles. The van der Waals surface area contributed by atoms with Gasteiger partial charge in [-0.1, -0.05) is 27.2 Å². The molecule has 0 unspecified atom stereocenters. The summed E-state index contributed by atoms with van der Waals surface area (Å²) in [7, 11) is 0. The number of carbonyl (C=O) groups excluding carboxylic acids is 1. The molecule has 120 valence electrons. The molecule has 0 spiro atoms. The van der Waals surface area contributed by atoms with Gasteiger partial charge in [0.25, 0.3) is 5.91 Å². The molecule has 1 aromatic rings. The number of hydrogen-bond donors (Lipinski definition) is 1. The molecule has 1 N–H and O–H groups in total. The van der Waals surface area contributed by atoms with E-state index in [9.17, 15) is 9.18 Å². The zero-order chi connectivity index (χ0) is 16.2. The highest BCUT2D eigenvalue weighted by Gasteiger charge is 2.30. The Labute approximate surface area is 132 Å². The minimum Gasteiger partial charge on any atom is -0.267 e. The fourth-order valence-corrected chi connectivity index (χ4v) is 2.93. The van der Waals surface area contributed by atoms with Crippen LogP contribution in [0.2, 0.25) is 0 Å². The molecule has 1 aliphatic rings. The van der Waals surface area contributed by atoms with Crippen LogP contribution in [0.1, 0.15) is 63.2 Å². The zero-order valence-electron chi connectivity index (χ0n) is 13.7. The van der Waals surface area contributed by atoms with Gasteiger partial charge in [-0.3, -0.25) is 4.79 Å². The predicted molar refractivity (Wildman–Crippen MR) is 87.3 cm³/mol. The van der Waals surface area contributed by atoms with Crippen molar-refractivity contribution in [2.45, 2.75) is 52.9 Å². The molecule has 0 atom stereocenters. The van der Waals surface area contributed by atoms with Crippen LogP contribution in [0, 0.1) is 17.2 Å². The van der Waals surface area contributed by atoms with Gasteiger partial charge in [0.15, 0.2) is 0 Å². The summed E-state index contributed by atoms with van der Waals surface area (Å²) in [4.78, 5) is 11.9. The maximum Gasteiger partial charge on any atom is 0.271 e. The number of halogens is 1.